The van der Waals surface area contributed by atoms with E-state index in [9.17, 15) is 18.6 Å². The number of nitrogens with two attached hydrogens (primary N) is 1. The number of nitrogens with one attached hydrogen (secondary N) is 1. The smallest absolute Gasteiger partial charge is 0.338 e. The maximum atomic E-state index is 12.9. The van der Waals surface area contributed by atoms with Crippen molar-refractivity contribution in [3.63, 3.8) is 0 Å². The molecule has 3 N–H and O–H groups in total. The number of hydrogen-bond acceptors (Lipinski definition) is 7. The third kappa shape index (κ3) is 6.74. The van der Waals surface area contributed by atoms with Gasteiger partial charge in [0.15, 0.2) is 0 Å². The molecule has 1 unspecified atom stereocenters. The number of ether oxygens (including phenoxy) is 2. The highest BCUT2D eigenvalue weighted by atomic mass is 32.2. The Morgan fingerprint density at radius 2 is 1.75 bits per heavy atom. The summed E-state index contributed by atoms with van der Waals surface area (Å²) < 4.78 is 22.2. The van der Waals surface area contributed by atoms with Gasteiger partial charge in [-0.15, -0.1) is 0 Å². The Hall–Kier alpha value is -2.52. The fraction of sp³-hybridized carbons (Fsp3) is 0.522. The van der Waals surface area contributed by atoms with Crippen LogP contribution in [0.3, 0.4) is 0 Å². The highest BCUT2D eigenvalue weighted by molar-refractivity contribution is 7.87. The number of hydrogen-bond donors (Lipinski definition) is 2. The van der Waals surface area contributed by atoms with Gasteiger partial charge in [0.25, 0.3) is 5.91 Å². The Morgan fingerprint density at radius 3 is 2.34 bits per heavy atom. The van der Waals surface area contributed by atoms with Crippen LogP contribution < -0.4 is 11.1 Å². The molecule has 0 radical (unpaired) electrons. The van der Waals surface area contributed by atoms with E-state index >= 15 is 0 Å². The van der Waals surface area contributed by atoms with Crippen LogP contribution in [-0.2, 0) is 29.9 Å². The summed E-state index contributed by atoms with van der Waals surface area (Å²) >= 11 is 0. The van der Waals surface area contributed by atoms with Crippen LogP contribution >= 0.6 is 0 Å². The molecule has 1 heterocycles. The largest absolute Gasteiger partial charge is 0.461 e. The van der Waals surface area contributed by atoms with Crippen LogP contribution in [0.1, 0.15) is 50.9 Å². The van der Waals surface area contributed by atoms with Crippen molar-refractivity contribution in [1.29, 1.82) is 0 Å². The van der Waals surface area contributed by atoms with E-state index in [0.717, 1.165) is 6.08 Å². The van der Waals surface area contributed by atoms with Crippen molar-refractivity contribution in [3.8, 4) is 0 Å². The normalized spacial score (nSPS) is 16.8. The molecule has 0 aliphatic carbocycles. The minimum atomic E-state index is -1.47. The molecule has 1 atom stereocenters. The number of imide groups is 1. The van der Waals surface area contributed by atoms with Crippen molar-refractivity contribution < 1.29 is 28.1 Å². The molecule has 0 bridgehead atoms. The van der Waals surface area contributed by atoms with Crippen molar-refractivity contribution in [1.82, 2.24) is 5.32 Å². The van der Waals surface area contributed by atoms with Crippen molar-refractivity contribution in [2.75, 3.05) is 19.8 Å². The molecule has 8 nitrogen and oxygen atoms in total. The molecule has 0 aromatic heterocycles. The van der Waals surface area contributed by atoms with Gasteiger partial charge in [-0.3, -0.25) is 19.1 Å². The lowest BCUT2D eigenvalue weighted by molar-refractivity contribution is -0.129. The van der Waals surface area contributed by atoms with E-state index in [4.69, 9.17) is 15.2 Å². The van der Waals surface area contributed by atoms with E-state index in [0.29, 0.717) is 31.6 Å². The second kappa shape index (κ2) is 10.9. The number of amides is 2. The fourth-order valence-corrected chi connectivity index (χ4v) is 4.71. The van der Waals surface area contributed by atoms with Gasteiger partial charge >= 0.3 is 5.97 Å². The van der Waals surface area contributed by atoms with E-state index < -0.39 is 38.7 Å². The maximum absolute atomic E-state index is 12.9. The first-order valence-corrected chi connectivity index (χ1v) is 11.7. The van der Waals surface area contributed by atoms with Gasteiger partial charge in [-0.05, 0) is 38.8 Å². The van der Waals surface area contributed by atoms with E-state index in [1.54, 1.807) is 58.0 Å². The maximum Gasteiger partial charge on any atom is 0.338 e. The summed E-state index contributed by atoms with van der Waals surface area (Å²) in [7, 11) is -1.47. The van der Waals surface area contributed by atoms with E-state index in [2.05, 4.69) is 5.32 Å². The molecular weight excluding hydrogens is 432 g/mol. The van der Waals surface area contributed by atoms with Gasteiger partial charge in [0, 0.05) is 46.5 Å². The molecule has 1 aromatic rings. The summed E-state index contributed by atoms with van der Waals surface area (Å²) in [5.41, 5.74) is 5.78. The minimum absolute atomic E-state index is 0.0520. The summed E-state index contributed by atoms with van der Waals surface area (Å²) in [6.07, 6.45) is 2.32. The Labute approximate surface area is 191 Å². The van der Waals surface area contributed by atoms with Crippen LogP contribution in [-0.4, -0.2) is 51.8 Å². The quantitative estimate of drug-likeness (QED) is 0.446. The molecule has 1 fully saturated rings. The Morgan fingerprint density at radius 1 is 1.16 bits per heavy atom. The number of carbonyl (C=O) groups excluding carboxylic acids is 3. The predicted molar refractivity (Wildman–Crippen MR) is 122 cm³/mol. The topological polar surface area (TPSA) is 125 Å². The summed E-state index contributed by atoms with van der Waals surface area (Å²) in [5.74, 6) is -1.85. The van der Waals surface area contributed by atoms with E-state index in [1.807, 2.05) is 0 Å². The summed E-state index contributed by atoms with van der Waals surface area (Å²) in [6, 6.07) is 8.53. The summed E-state index contributed by atoms with van der Waals surface area (Å²) in [4.78, 5) is 37.2. The molecule has 1 aromatic carbocycles. The zero-order valence-electron chi connectivity index (χ0n) is 19.0. The average Bonchev–Trinajstić information content (AvgIpc) is 2.77. The minimum Gasteiger partial charge on any atom is -0.461 e. The first kappa shape index (κ1) is 25.7. The third-order valence-electron chi connectivity index (χ3n) is 5.40. The number of esters is 1. The van der Waals surface area contributed by atoms with Gasteiger partial charge in [-0.1, -0.05) is 32.0 Å². The van der Waals surface area contributed by atoms with Crippen molar-refractivity contribution >= 4 is 28.6 Å². The Balaban J connectivity index is 1.96. The zero-order chi connectivity index (χ0) is 23.9. The van der Waals surface area contributed by atoms with Crippen LogP contribution in [0.2, 0.25) is 0 Å². The lowest BCUT2D eigenvalue weighted by Gasteiger charge is -2.30. The monoisotopic (exact) mass is 464 g/mol. The van der Waals surface area contributed by atoms with Crippen LogP contribution in [0.25, 0.3) is 0 Å². The number of benzene rings is 1. The summed E-state index contributed by atoms with van der Waals surface area (Å²) in [5, 5.41) is 2.11. The standard InChI is InChI=1S/C23H32N2O6S/c1-22(2,15-31-20(27)16-8-6-5-7-9-16)18(24)14-19(26)25-21(28)23(3,4)32(29)17-10-12-30-13-11-17/h5-9,14,17H,10-13,15,24H2,1-4H3,(H,25,26,28). The lowest BCUT2D eigenvalue weighted by Crippen LogP contribution is -2.50. The highest BCUT2D eigenvalue weighted by Gasteiger charge is 2.40. The van der Waals surface area contributed by atoms with Gasteiger partial charge in [0.05, 0.1) is 5.56 Å². The Bertz CT molecular complexity index is 889. The summed E-state index contributed by atoms with van der Waals surface area (Å²) in [6.45, 7) is 7.52. The number of rotatable bonds is 8. The molecule has 1 aliphatic heterocycles. The number of carbonyl (C=O) groups is 3. The van der Waals surface area contributed by atoms with Crippen LogP contribution in [0.4, 0.5) is 0 Å². The average molecular weight is 465 g/mol. The molecule has 32 heavy (non-hydrogen) atoms. The van der Waals surface area contributed by atoms with Gasteiger partial charge < -0.3 is 15.2 Å². The van der Waals surface area contributed by atoms with Crippen LogP contribution in [0.15, 0.2) is 42.1 Å². The van der Waals surface area contributed by atoms with Gasteiger partial charge in [0.1, 0.15) is 11.4 Å². The SMILES string of the molecule is CC(C)(COC(=O)c1ccccc1)C(N)=CC(=O)NC(=O)C(C)(C)S(=O)C1CCOCC1. The molecule has 1 saturated heterocycles. The molecule has 2 rings (SSSR count). The van der Waals surface area contributed by atoms with Crippen molar-refractivity contribution in [3.05, 3.63) is 47.7 Å². The van der Waals surface area contributed by atoms with Crippen molar-refractivity contribution in [2.45, 2.75) is 50.5 Å². The van der Waals surface area contributed by atoms with E-state index in [1.165, 1.54) is 0 Å². The highest BCUT2D eigenvalue weighted by Crippen LogP contribution is 2.25. The molecule has 0 saturated carbocycles. The first-order chi connectivity index (χ1) is 14.9. The second-order valence-corrected chi connectivity index (χ2v) is 11.1. The molecule has 176 valence electrons. The van der Waals surface area contributed by atoms with Gasteiger partial charge in [0.2, 0.25) is 5.91 Å². The predicted octanol–water partition coefficient (Wildman–Crippen LogP) is 2.06. The molecule has 9 heteroatoms. The Kier molecular flexibility index (Phi) is 8.74. The molecule has 2 amide bonds. The van der Waals surface area contributed by atoms with Crippen molar-refractivity contribution in [2.24, 2.45) is 11.1 Å². The molecule has 0 spiro atoms. The first-order valence-electron chi connectivity index (χ1n) is 10.5. The second-order valence-electron chi connectivity index (χ2n) is 8.86. The lowest BCUT2D eigenvalue weighted by atomic mass is 9.90. The van der Waals surface area contributed by atoms with Crippen LogP contribution in [0, 0.1) is 5.41 Å². The van der Waals surface area contributed by atoms with Gasteiger partial charge in [-0.2, -0.15) is 0 Å². The molecular formula is C23H32N2O6S. The van der Waals surface area contributed by atoms with Crippen LogP contribution in [0.5, 0.6) is 0 Å². The van der Waals surface area contributed by atoms with Gasteiger partial charge in [-0.25, -0.2) is 4.79 Å². The zero-order valence-corrected chi connectivity index (χ0v) is 19.8. The fourth-order valence-electron chi connectivity index (χ4n) is 3.02. The third-order valence-corrected chi connectivity index (χ3v) is 7.67. The molecule has 1 aliphatic rings. The van der Waals surface area contributed by atoms with E-state index in [-0.39, 0.29) is 17.6 Å².